The van der Waals surface area contributed by atoms with Gasteiger partial charge in [-0.3, -0.25) is 9.36 Å². The first-order valence-corrected chi connectivity index (χ1v) is 8.52. The molecule has 1 aromatic heterocycles. The fourth-order valence-electron chi connectivity index (χ4n) is 2.56. The van der Waals surface area contributed by atoms with E-state index in [0.29, 0.717) is 5.75 Å². The molecule has 0 saturated carbocycles. The molecule has 0 N–H and O–H groups in total. The van der Waals surface area contributed by atoms with E-state index in [4.69, 9.17) is 0 Å². The van der Waals surface area contributed by atoms with Crippen LogP contribution in [0.1, 0.15) is 24.0 Å². The van der Waals surface area contributed by atoms with E-state index < -0.39 is 0 Å². The number of hydrogen-bond acceptors (Lipinski definition) is 4. The number of hydrogen-bond donors (Lipinski definition) is 0. The Morgan fingerprint density at radius 3 is 2.73 bits per heavy atom. The molecule has 1 aliphatic heterocycles. The molecule has 1 saturated heterocycles. The number of rotatable bonds is 4. The van der Waals surface area contributed by atoms with Crippen LogP contribution in [0.15, 0.2) is 29.7 Å². The summed E-state index contributed by atoms with van der Waals surface area (Å²) >= 11 is 1.45. The van der Waals surface area contributed by atoms with Crippen molar-refractivity contribution in [3.8, 4) is 5.69 Å². The van der Waals surface area contributed by atoms with Crippen LogP contribution in [0.5, 0.6) is 0 Å². The van der Waals surface area contributed by atoms with Crippen LogP contribution in [0.25, 0.3) is 5.69 Å². The van der Waals surface area contributed by atoms with Gasteiger partial charge in [-0.25, -0.2) is 0 Å². The molecule has 22 heavy (non-hydrogen) atoms. The van der Waals surface area contributed by atoms with Crippen LogP contribution in [0.4, 0.5) is 0 Å². The number of amides is 1. The lowest BCUT2D eigenvalue weighted by molar-refractivity contribution is -0.127. The second-order valence-electron chi connectivity index (χ2n) is 5.63. The number of thioether (sulfide) groups is 1. The molecule has 1 amide bonds. The maximum Gasteiger partial charge on any atom is 0.233 e. The molecule has 0 aliphatic carbocycles. The van der Waals surface area contributed by atoms with Gasteiger partial charge in [-0.15, -0.1) is 10.2 Å². The fourth-order valence-corrected chi connectivity index (χ4v) is 3.39. The summed E-state index contributed by atoms with van der Waals surface area (Å²) < 4.78 is 1.94. The van der Waals surface area contributed by atoms with Crippen LogP contribution in [0.3, 0.4) is 0 Å². The van der Waals surface area contributed by atoms with E-state index in [1.807, 2.05) is 9.47 Å². The highest BCUT2D eigenvalue weighted by molar-refractivity contribution is 7.99. The maximum atomic E-state index is 12.1. The third-order valence-corrected chi connectivity index (χ3v) is 5.00. The topological polar surface area (TPSA) is 51.0 Å². The van der Waals surface area contributed by atoms with Gasteiger partial charge in [0.25, 0.3) is 0 Å². The standard InChI is InChI=1S/C16H20N4OS/c1-12-5-6-14(9-13(12)2)20-11-17-18-16(20)22-10-15(21)19-7-3-4-8-19/h5-6,9,11H,3-4,7-8,10H2,1-2H3. The van der Waals surface area contributed by atoms with Crippen LogP contribution >= 0.6 is 11.8 Å². The van der Waals surface area contributed by atoms with E-state index in [9.17, 15) is 4.79 Å². The molecule has 2 heterocycles. The van der Waals surface area contributed by atoms with Crippen LogP contribution in [0.2, 0.25) is 0 Å². The van der Waals surface area contributed by atoms with E-state index in [1.54, 1.807) is 6.33 Å². The SMILES string of the molecule is Cc1ccc(-n2cnnc2SCC(=O)N2CCCC2)cc1C. The molecule has 1 aromatic carbocycles. The Bertz CT molecular complexity index is 677. The van der Waals surface area contributed by atoms with Crippen molar-refractivity contribution in [3.63, 3.8) is 0 Å². The first kappa shape index (κ1) is 15.1. The van der Waals surface area contributed by atoms with Gasteiger partial charge in [-0.2, -0.15) is 0 Å². The van der Waals surface area contributed by atoms with Gasteiger partial charge in [0.05, 0.1) is 5.75 Å². The van der Waals surface area contributed by atoms with E-state index >= 15 is 0 Å². The summed E-state index contributed by atoms with van der Waals surface area (Å²) in [5, 5.41) is 8.90. The largest absolute Gasteiger partial charge is 0.342 e. The Kier molecular flexibility index (Phi) is 4.47. The summed E-state index contributed by atoms with van der Waals surface area (Å²) in [6.45, 7) is 5.97. The lowest BCUT2D eigenvalue weighted by atomic mass is 10.1. The number of aryl methyl sites for hydroxylation is 2. The molecule has 3 rings (SSSR count). The molecular weight excluding hydrogens is 296 g/mol. The van der Waals surface area contributed by atoms with Crippen molar-refractivity contribution in [2.75, 3.05) is 18.8 Å². The molecule has 0 radical (unpaired) electrons. The highest BCUT2D eigenvalue weighted by Crippen LogP contribution is 2.22. The molecule has 1 aliphatic rings. The first-order valence-electron chi connectivity index (χ1n) is 7.53. The molecule has 0 spiro atoms. The van der Waals surface area contributed by atoms with Crippen LogP contribution < -0.4 is 0 Å². The van der Waals surface area contributed by atoms with Crippen molar-refractivity contribution in [1.82, 2.24) is 19.7 Å². The van der Waals surface area contributed by atoms with Gasteiger partial charge in [0, 0.05) is 18.8 Å². The molecule has 116 valence electrons. The highest BCUT2D eigenvalue weighted by Gasteiger charge is 2.19. The van der Waals surface area contributed by atoms with E-state index in [0.717, 1.165) is 36.8 Å². The van der Waals surface area contributed by atoms with Crippen molar-refractivity contribution >= 4 is 17.7 Å². The van der Waals surface area contributed by atoms with Crippen LogP contribution in [0, 0.1) is 13.8 Å². The predicted octanol–water partition coefficient (Wildman–Crippen LogP) is 2.60. The van der Waals surface area contributed by atoms with Gasteiger partial charge < -0.3 is 4.90 Å². The monoisotopic (exact) mass is 316 g/mol. The summed E-state index contributed by atoms with van der Waals surface area (Å²) in [5.41, 5.74) is 3.52. The fraction of sp³-hybridized carbons (Fsp3) is 0.438. The molecule has 5 nitrogen and oxygen atoms in total. The summed E-state index contributed by atoms with van der Waals surface area (Å²) in [5.74, 6) is 0.612. The average molecular weight is 316 g/mol. The van der Waals surface area contributed by atoms with Crippen molar-refractivity contribution in [1.29, 1.82) is 0 Å². The van der Waals surface area contributed by atoms with Gasteiger partial charge in [-0.05, 0) is 49.9 Å². The molecular formula is C16H20N4OS. The third-order valence-electron chi connectivity index (χ3n) is 4.07. The minimum atomic E-state index is 0.192. The van der Waals surface area contributed by atoms with Gasteiger partial charge in [0.2, 0.25) is 5.91 Å². The van der Waals surface area contributed by atoms with Crippen molar-refractivity contribution in [2.45, 2.75) is 31.8 Å². The normalized spacial score (nSPS) is 14.5. The molecule has 1 fully saturated rings. The van der Waals surface area contributed by atoms with E-state index in [1.165, 1.54) is 22.9 Å². The summed E-state index contributed by atoms with van der Waals surface area (Å²) in [7, 11) is 0. The Morgan fingerprint density at radius 2 is 2.00 bits per heavy atom. The summed E-state index contributed by atoms with van der Waals surface area (Å²) in [6.07, 6.45) is 3.94. The number of benzene rings is 1. The maximum absolute atomic E-state index is 12.1. The zero-order valence-electron chi connectivity index (χ0n) is 13.0. The number of nitrogens with zero attached hydrogens (tertiary/aromatic N) is 4. The molecule has 0 atom stereocenters. The second kappa shape index (κ2) is 6.52. The summed E-state index contributed by atoms with van der Waals surface area (Å²) in [4.78, 5) is 14.1. The Labute approximate surface area is 134 Å². The van der Waals surface area contributed by atoms with E-state index in [-0.39, 0.29) is 5.91 Å². The molecule has 0 unspecified atom stereocenters. The smallest absolute Gasteiger partial charge is 0.233 e. The lowest BCUT2D eigenvalue weighted by Crippen LogP contribution is -2.29. The third kappa shape index (κ3) is 3.16. The Morgan fingerprint density at radius 1 is 1.23 bits per heavy atom. The molecule has 0 bridgehead atoms. The number of aromatic nitrogens is 3. The Balaban J connectivity index is 1.71. The van der Waals surface area contributed by atoms with Gasteiger partial charge in [0.15, 0.2) is 5.16 Å². The minimum Gasteiger partial charge on any atom is -0.342 e. The zero-order valence-corrected chi connectivity index (χ0v) is 13.8. The van der Waals surface area contributed by atoms with Crippen molar-refractivity contribution in [2.24, 2.45) is 0 Å². The molecule has 6 heteroatoms. The summed E-state index contributed by atoms with van der Waals surface area (Å²) in [6, 6.07) is 6.26. The second-order valence-corrected chi connectivity index (χ2v) is 6.57. The number of likely N-dealkylation sites (tertiary alicyclic amines) is 1. The minimum absolute atomic E-state index is 0.192. The molecule has 2 aromatic rings. The predicted molar refractivity (Wildman–Crippen MR) is 87.4 cm³/mol. The van der Waals surface area contributed by atoms with Crippen LogP contribution in [-0.4, -0.2) is 44.4 Å². The van der Waals surface area contributed by atoms with Crippen molar-refractivity contribution in [3.05, 3.63) is 35.7 Å². The van der Waals surface area contributed by atoms with Gasteiger partial charge in [0.1, 0.15) is 6.33 Å². The first-order chi connectivity index (χ1) is 10.6. The van der Waals surface area contributed by atoms with Gasteiger partial charge in [-0.1, -0.05) is 17.8 Å². The van der Waals surface area contributed by atoms with E-state index in [2.05, 4.69) is 42.2 Å². The lowest BCUT2D eigenvalue weighted by Gasteiger charge is -2.14. The van der Waals surface area contributed by atoms with Crippen molar-refractivity contribution < 1.29 is 4.79 Å². The number of carbonyl (C=O) groups excluding carboxylic acids is 1. The number of carbonyl (C=O) groups is 1. The highest BCUT2D eigenvalue weighted by atomic mass is 32.2. The quantitative estimate of drug-likeness (QED) is 0.814. The van der Waals surface area contributed by atoms with Gasteiger partial charge >= 0.3 is 0 Å². The zero-order chi connectivity index (χ0) is 15.5. The Hall–Kier alpha value is -1.82. The van der Waals surface area contributed by atoms with Crippen LogP contribution in [-0.2, 0) is 4.79 Å². The average Bonchev–Trinajstić information content (AvgIpc) is 3.18.